The van der Waals surface area contributed by atoms with Crippen molar-refractivity contribution in [3.63, 3.8) is 0 Å². The molecule has 0 atom stereocenters. The molecular formula is C27H33N5O3. The Kier molecular flexibility index (Phi) is 8.03. The second-order valence-electron chi connectivity index (χ2n) is 8.26. The molecule has 0 radical (unpaired) electrons. The standard InChI is InChI=1S/C27H33N5O3/c1-4-20-7-9-21(10-8-20)23-12-14-26(30-29-23)31-15-17-32(18-16-31)27(33)28-22-11-13-24(34-5-2)25(19-22)35-6-3/h7-14,19H,4-6,15-18H2,1-3H3,(H,28,33). The SMILES string of the molecule is CCOc1ccc(NC(=O)N2CCN(c3ccc(-c4ccc(CC)cc4)nn3)CC2)cc1OCC. The van der Waals surface area contributed by atoms with Crippen molar-refractivity contribution in [1.82, 2.24) is 15.1 Å². The lowest BCUT2D eigenvalue weighted by Crippen LogP contribution is -2.50. The third-order valence-corrected chi connectivity index (χ3v) is 5.99. The molecule has 184 valence electrons. The third kappa shape index (κ3) is 6.01. The van der Waals surface area contributed by atoms with Crippen LogP contribution >= 0.6 is 0 Å². The van der Waals surface area contributed by atoms with Crippen LogP contribution < -0.4 is 19.7 Å². The van der Waals surface area contributed by atoms with Crippen LogP contribution in [0.4, 0.5) is 16.3 Å². The number of carbonyl (C=O) groups is 1. The molecule has 8 nitrogen and oxygen atoms in total. The van der Waals surface area contributed by atoms with Crippen LogP contribution in [-0.2, 0) is 6.42 Å². The number of aryl methyl sites for hydroxylation is 1. The van der Waals surface area contributed by atoms with E-state index in [4.69, 9.17) is 9.47 Å². The fourth-order valence-corrected chi connectivity index (χ4v) is 4.03. The summed E-state index contributed by atoms with van der Waals surface area (Å²) in [6, 6.07) is 17.7. The number of carbonyl (C=O) groups excluding carboxylic acids is 1. The number of urea groups is 1. The zero-order valence-corrected chi connectivity index (χ0v) is 20.7. The van der Waals surface area contributed by atoms with Crippen molar-refractivity contribution in [1.29, 1.82) is 0 Å². The average Bonchev–Trinajstić information content (AvgIpc) is 2.91. The van der Waals surface area contributed by atoms with Gasteiger partial charge in [0.15, 0.2) is 17.3 Å². The van der Waals surface area contributed by atoms with Gasteiger partial charge in [0, 0.05) is 43.5 Å². The number of nitrogens with zero attached hydrogens (tertiary/aromatic N) is 4. The Hall–Kier alpha value is -3.81. The van der Waals surface area contributed by atoms with Crippen molar-refractivity contribution in [2.75, 3.05) is 49.6 Å². The summed E-state index contributed by atoms with van der Waals surface area (Å²) in [5.41, 5.74) is 3.90. The van der Waals surface area contributed by atoms with E-state index in [9.17, 15) is 4.79 Å². The summed E-state index contributed by atoms with van der Waals surface area (Å²) in [5.74, 6) is 2.12. The van der Waals surface area contributed by atoms with Crippen molar-refractivity contribution in [3.05, 3.63) is 60.2 Å². The molecule has 8 heteroatoms. The van der Waals surface area contributed by atoms with Gasteiger partial charge in [0.25, 0.3) is 0 Å². The van der Waals surface area contributed by atoms with Gasteiger partial charge in [0.2, 0.25) is 0 Å². The molecule has 4 rings (SSSR count). The smallest absolute Gasteiger partial charge is 0.321 e. The number of rotatable bonds is 8. The minimum atomic E-state index is -0.131. The summed E-state index contributed by atoms with van der Waals surface area (Å²) in [6.07, 6.45) is 1.02. The topological polar surface area (TPSA) is 79.8 Å². The van der Waals surface area contributed by atoms with Crippen LogP contribution in [0.5, 0.6) is 11.5 Å². The highest BCUT2D eigenvalue weighted by Crippen LogP contribution is 2.31. The first-order valence-corrected chi connectivity index (χ1v) is 12.2. The molecule has 0 saturated carbocycles. The zero-order valence-electron chi connectivity index (χ0n) is 20.7. The van der Waals surface area contributed by atoms with Crippen molar-refractivity contribution in [3.8, 4) is 22.8 Å². The molecule has 35 heavy (non-hydrogen) atoms. The highest BCUT2D eigenvalue weighted by molar-refractivity contribution is 5.90. The van der Waals surface area contributed by atoms with Gasteiger partial charge in [-0.05, 0) is 50.1 Å². The number of aromatic nitrogens is 2. The molecule has 2 amide bonds. The zero-order chi connectivity index (χ0) is 24.6. The van der Waals surface area contributed by atoms with E-state index in [0.29, 0.717) is 56.6 Å². The van der Waals surface area contributed by atoms with Crippen molar-refractivity contribution in [2.45, 2.75) is 27.2 Å². The van der Waals surface area contributed by atoms with Crippen LogP contribution in [0.1, 0.15) is 26.3 Å². The maximum absolute atomic E-state index is 12.8. The van der Waals surface area contributed by atoms with Gasteiger partial charge in [-0.25, -0.2) is 4.79 Å². The highest BCUT2D eigenvalue weighted by atomic mass is 16.5. The molecule has 0 unspecified atom stereocenters. The first kappa shape index (κ1) is 24.3. The highest BCUT2D eigenvalue weighted by Gasteiger charge is 2.22. The van der Waals surface area contributed by atoms with Crippen LogP contribution in [0, 0.1) is 0 Å². The molecular weight excluding hydrogens is 442 g/mol. The fraction of sp³-hybridized carbons (Fsp3) is 0.370. The predicted octanol–water partition coefficient (Wildman–Crippen LogP) is 4.86. The van der Waals surface area contributed by atoms with Crippen LogP contribution in [0.15, 0.2) is 54.6 Å². The van der Waals surface area contributed by atoms with Crippen molar-refractivity contribution in [2.24, 2.45) is 0 Å². The number of ether oxygens (including phenoxy) is 2. The van der Waals surface area contributed by atoms with E-state index >= 15 is 0 Å². The van der Waals surface area contributed by atoms with E-state index in [1.165, 1.54) is 5.56 Å². The summed E-state index contributed by atoms with van der Waals surface area (Å²) < 4.78 is 11.3. The Morgan fingerprint density at radius 2 is 1.57 bits per heavy atom. The summed E-state index contributed by atoms with van der Waals surface area (Å²) in [4.78, 5) is 16.8. The second-order valence-corrected chi connectivity index (χ2v) is 8.26. The first-order valence-electron chi connectivity index (χ1n) is 12.2. The first-order chi connectivity index (χ1) is 17.1. The number of anilines is 2. The molecule has 1 aliphatic heterocycles. The minimum Gasteiger partial charge on any atom is -0.490 e. The van der Waals surface area contributed by atoms with Crippen molar-refractivity contribution < 1.29 is 14.3 Å². The quantitative estimate of drug-likeness (QED) is 0.501. The molecule has 1 N–H and O–H groups in total. The van der Waals surface area contributed by atoms with Gasteiger partial charge in [-0.3, -0.25) is 0 Å². The molecule has 1 aliphatic rings. The van der Waals surface area contributed by atoms with Crippen LogP contribution in [0.25, 0.3) is 11.3 Å². The number of hydrogen-bond acceptors (Lipinski definition) is 6. The molecule has 1 fully saturated rings. The van der Waals surface area contributed by atoms with E-state index in [-0.39, 0.29) is 6.03 Å². The fourth-order valence-electron chi connectivity index (χ4n) is 4.03. The second kappa shape index (κ2) is 11.6. The molecule has 0 bridgehead atoms. The molecule has 2 aromatic carbocycles. The third-order valence-electron chi connectivity index (χ3n) is 5.99. The monoisotopic (exact) mass is 475 g/mol. The summed E-state index contributed by atoms with van der Waals surface area (Å²) in [6.45, 7) is 9.65. The normalized spacial score (nSPS) is 13.5. The summed E-state index contributed by atoms with van der Waals surface area (Å²) in [5, 5.41) is 11.8. The molecule has 2 heterocycles. The van der Waals surface area contributed by atoms with Crippen LogP contribution in [0.2, 0.25) is 0 Å². The largest absolute Gasteiger partial charge is 0.490 e. The van der Waals surface area contributed by atoms with Gasteiger partial charge < -0.3 is 24.6 Å². The average molecular weight is 476 g/mol. The van der Waals surface area contributed by atoms with Gasteiger partial charge in [0.1, 0.15) is 0 Å². The van der Waals surface area contributed by atoms with Gasteiger partial charge in [0.05, 0.1) is 18.9 Å². The number of piperazine rings is 1. The molecule has 0 spiro atoms. The van der Waals surface area contributed by atoms with Gasteiger partial charge >= 0.3 is 6.03 Å². The lowest BCUT2D eigenvalue weighted by Gasteiger charge is -2.35. The number of nitrogens with one attached hydrogen (secondary N) is 1. The Labute approximate surface area is 206 Å². The molecule has 0 aliphatic carbocycles. The molecule has 1 aromatic heterocycles. The Bertz CT molecular complexity index is 1110. The summed E-state index contributed by atoms with van der Waals surface area (Å²) >= 11 is 0. The van der Waals surface area contributed by atoms with Gasteiger partial charge in [-0.15, -0.1) is 10.2 Å². The summed E-state index contributed by atoms with van der Waals surface area (Å²) in [7, 11) is 0. The lowest BCUT2D eigenvalue weighted by atomic mass is 10.1. The van der Waals surface area contributed by atoms with E-state index in [1.807, 2.05) is 43.0 Å². The van der Waals surface area contributed by atoms with E-state index in [1.54, 1.807) is 6.07 Å². The lowest BCUT2D eigenvalue weighted by molar-refractivity contribution is 0.208. The Morgan fingerprint density at radius 3 is 2.20 bits per heavy atom. The van der Waals surface area contributed by atoms with E-state index in [2.05, 4.69) is 51.6 Å². The maximum atomic E-state index is 12.8. The van der Waals surface area contributed by atoms with E-state index < -0.39 is 0 Å². The number of benzene rings is 2. The van der Waals surface area contributed by atoms with Gasteiger partial charge in [-0.1, -0.05) is 31.2 Å². The van der Waals surface area contributed by atoms with Crippen LogP contribution in [-0.4, -0.2) is 60.5 Å². The van der Waals surface area contributed by atoms with Crippen LogP contribution in [0.3, 0.4) is 0 Å². The minimum absolute atomic E-state index is 0.131. The molecule has 3 aromatic rings. The maximum Gasteiger partial charge on any atom is 0.321 e. The van der Waals surface area contributed by atoms with E-state index in [0.717, 1.165) is 23.5 Å². The Balaban J connectivity index is 1.32. The number of amides is 2. The Morgan fingerprint density at radius 1 is 0.857 bits per heavy atom. The molecule has 1 saturated heterocycles. The van der Waals surface area contributed by atoms with Crippen molar-refractivity contribution >= 4 is 17.5 Å². The van der Waals surface area contributed by atoms with Gasteiger partial charge in [-0.2, -0.15) is 0 Å². The number of hydrogen-bond donors (Lipinski definition) is 1. The predicted molar refractivity (Wildman–Crippen MR) is 138 cm³/mol.